The molecule has 7 atom stereocenters. The van der Waals surface area contributed by atoms with E-state index in [1.54, 1.807) is 0 Å². The summed E-state index contributed by atoms with van der Waals surface area (Å²) in [5.41, 5.74) is -1.75. The minimum Gasteiger partial charge on any atom is -0.406 e. The molecule has 0 aromatic rings. The van der Waals surface area contributed by atoms with Crippen LogP contribution in [0.2, 0.25) is 0 Å². The Labute approximate surface area is 202 Å². The van der Waals surface area contributed by atoms with Gasteiger partial charge in [-0.2, -0.15) is 0 Å². The fourth-order valence-electron chi connectivity index (χ4n) is 8.03. The Morgan fingerprint density at radius 1 is 0.909 bits per heavy atom. The summed E-state index contributed by atoms with van der Waals surface area (Å²) in [6.45, 7) is 18.2. The highest BCUT2D eigenvalue weighted by molar-refractivity contribution is 5.81. The fraction of sp³-hybridized carbons (Fsp3) is 0.964. The molecule has 0 heterocycles. The zero-order chi connectivity index (χ0) is 24.7. The first-order chi connectivity index (χ1) is 15.4. The van der Waals surface area contributed by atoms with Crippen molar-refractivity contribution in [2.75, 3.05) is 13.2 Å². The van der Waals surface area contributed by atoms with Gasteiger partial charge in [-0.25, -0.2) is 4.79 Å². The second-order valence-corrected chi connectivity index (χ2v) is 12.1. The molecule has 3 aliphatic rings. The number of ether oxygens (including phenoxy) is 3. The van der Waals surface area contributed by atoms with E-state index in [-0.39, 0.29) is 5.92 Å². The van der Waals surface area contributed by atoms with Gasteiger partial charge in [0, 0.05) is 11.8 Å². The lowest BCUT2D eigenvalue weighted by molar-refractivity contribution is -0.369. The first-order valence-electron chi connectivity index (χ1n) is 13.6. The van der Waals surface area contributed by atoms with Crippen molar-refractivity contribution in [3.8, 4) is 0 Å². The normalized spacial score (nSPS) is 40.9. The Morgan fingerprint density at radius 2 is 1.52 bits per heavy atom. The molecular formula is C28H50O5. The van der Waals surface area contributed by atoms with Crippen LogP contribution in [0.15, 0.2) is 0 Å². The van der Waals surface area contributed by atoms with Crippen LogP contribution in [0.3, 0.4) is 0 Å². The summed E-state index contributed by atoms with van der Waals surface area (Å²) in [6, 6.07) is 0. The van der Waals surface area contributed by atoms with E-state index < -0.39 is 23.0 Å². The van der Waals surface area contributed by atoms with E-state index in [0.29, 0.717) is 55.1 Å². The molecule has 0 amide bonds. The molecule has 1 unspecified atom stereocenters. The van der Waals surface area contributed by atoms with E-state index in [9.17, 15) is 9.90 Å². The summed E-state index contributed by atoms with van der Waals surface area (Å²) in [6.07, 6.45) is 7.18. The third kappa shape index (κ3) is 4.51. The lowest BCUT2D eigenvalue weighted by Crippen LogP contribution is -2.64. The Kier molecular flexibility index (Phi) is 7.98. The third-order valence-electron chi connectivity index (χ3n) is 10.3. The van der Waals surface area contributed by atoms with E-state index in [2.05, 4.69) is 34.6 Å². The van der Waals surface area contributed by atoms with Crippen molar-refractivity contribution in [1.29, 1.82) is 0 Å². The fourth-order valence-corrected chi connectivity index (χ4v) is 8.03. The van der Waals surface area contributed by atoms with Crippen LogP contribution in [0.1, 0.15) is 107 Å². The van der Waals surface area contributed by atoms with Gasteiger partial charge in [0.1, 0.15) is 0 Å². The van der Waals surface area contributed by atoms with E-state index in [4.69, 9.17) is 14.2 Å². The van der Waals surface area contributed by atoms with E-state index in [0.717, 1.165) is 25.7 Å². The van der Waals surface area contributed by atoms with Gasteiger partial charge in [-0.3, -0.25) is 0 Å². The Bertz CT molecular complexity index is 684. The molecule has 3 fully saturated rings. The average Bonchev–Trinajstić information content (AvgIpc) is 2.75. The van der Waals surface area contributed by atoms with Gasteiger partial charge in [0.05, 0.1) is 13.2 Å². The number of carbonyl (C=O) groups excluding carboxylic acids is 1. The zero-order valence-corrected chi connectivity index (χ0v) is 22.5. The topological polar surface area (TPSA) is 65.0 Å². The number of hydrogen-bond donors (Lipinski definition) is 1. The number of aliphatic hydroxyl groups is 1. The Hall–Kier alpha value is -0.650. The van der Waals surface area contributed by atoms with Crippen molar-refractivity contribution in [3.63, 3.8) is 0 Å². The van der Waals surface area contributed by atoms with Crippen molar-refractivity contribution >= 4 is 5.97 Å². The van der Waals surface area contributed by atoms with Gasteiger partial charge >= 0.3 is 11.9 Å². The van der Waals surface area contributed by atoms with Crippen LogP contribution in [0.25, 0.3) is 0 Å². The van der Waals surface area contributed by atoms with Crippen LogP contribution in [0.4, 0.5) is 0 Å². The summed E-state index contributed by atoms with van der Waals surface area (Å²) in [5.74, 6) is 0.700. The van der Waals surface area contributed by atoms with Gasteiger partial charge in [-0.15, -0.1) is 0 Å². The van der Waals surface area contributed by atoms with Crippen molar-refractivity contribution in [3.05, 3.63) is 0 Å². The van der Waals surface area contributed by atoms with E-state index in [1.807, 2.05) is 20.8 Å². The molecule has 3 rings (SSSR count). The molecule has 192 valence electrons. The van der Waals surface area contributed by atoms with Crippen LogP contribution in [0.5, 0.6) is 0 Å². The summed E-state index contributed by atoms with van der Waals surface area (Å²) in [4.78, 5) is 13.8. The van der Waals surface area contributed by atoms with Gasteiger partial charge in [-0.1, -0.05) is 48.0 Å². The lowest BCUT2D eigenvalue weighted by atomic mass is 9.45. The molecule has 1 N–H and O–H groups in total. The molecule has 0 aliphatic heterocycles. The van der Waals surface area contributed by atoms with Gasteiger partial charge in [0.25, 0.3) is 0 Å². The monoisotopic (exact) mass is 466 g/mol. The quantitative estimate of drug-likeness (QED) is 0.351. The maximum Gasteiger partial charge on any atom is 0.342 e. The minimum atomic E-state index is -1.53. The van der Waals surface area contributed by atoms with Gasteiger partial charge < -0.3 is 19.3 Å². The van der Waals surface area contributed by atoms with Crippen LogP contribution in [-0.4, -0.2) is 35.9 Å². The standard InChI is InChI=1S/C28H50O5/c1-9-28(31-10-2,32-11-3)33-24(29)27(30)17-14-20(5)23-18-21-13-12-19(4)22(25(21,6)7)15-16-26(23,27)8/h19-23,30H,9-18H2,1-8H3/t19-,20-,21+,22+,23-,26+,27?/m1/s1. The highest BCUT2D eigenvalue weighted by Gasteiger charge is 2.63. The maximum atomic E-state index is 13.8. The predicted molar refractivity (Wildman–Crippen MR) is 130 cm³/mol. The second-order valence-electron chi connectivity index (χ2n) is 12.1. The third-order valence-corrected chi connectivity index (χ3v) is 10.3. The molecule has 0 saturated heterocycles. The molecule has 33 heavy (non-hydrogen) atoms. The molecule has 0 aromatic heterocycles. The molecule has 5 heteroatoms. The molecule has 5 nitrogen and oxygen atoms in total. The van der Waals surface area contributed by atoms with Crippen LogP contribution >= 0.6 is 0 Å². The maximum absolute atomic E-state index is 13.8. The number of carbonyl (C=O) groups is 1. The largest absolute Gasteiger partial charge is 0.406 e. The smallest absolute Gasteiger partial charge is 0.342 e. The minimum absolute atomic E-state index is 0.289. The number of rotatable bonds is 7. The van der Waals surface area contributed by atoms with E-state index in [1.165, 1.54) is 12.8 Å². The summed E-state index contributed by atoms with van der Waals surface area (Å²) in [7, 11) is 0. The Balaban J connectivity index is 1.97. The molecule has 0 aromatic carbocycles. The van der Waals surface area contributed by atoms with Crippen molar-refractivity contribution in [2.24, 2.45) is 40.4 Å². The SMILES string of the molecule is CCOC(CC)(OCC)OC(=O)C1(O)CC[C@@H](C)[C@H]2C[C@@H]3CC[C@@H](C)[C@H](CC[C@@]21C)C3(C)C. The molecular weight excluding hydrogens is 416 g/mol. The van der Waals surface area contributed by atoms with Crippen molar-refractivity contribution < 1.29 is 24.1 Å². The van der Waals surface area contributed by atoms with Crippen molar-refractivity contribution in [1.82, 2.24) is 0 Å². The zero-order valence-electron chi connectivity index (χ0n) is 22.5. The molecule has 0 spiro atoms. The highest BCUT2D eigenvalue weighted by Crippen LogP contribution is 2.62. The molecule has 3 saturated carbocycles. The molecule has 2 bridgehead atoms. The lowest BCUT2D eigenvalue weighted by Gasteiger charge is -2.60. The number of esters is 1. The number of hydrogen-bond acceptors (Lipinski definition) is 5. The second kappa shape index (κ2) is 9.78. The first-order valence-corrected chi connectivity index (χ1v) is 13.6. The van der Waals surface area contributed by atoms with Gasteiger partial charge in [-0.05, 0) is 87.4 Å². The van der Waals surface area contributed by atoms with Crippen LogP contribution in [-0.2, 0) is 19.0 Å². The summed E-state index contributed by atoms with van der Waals surface area (Å²) < 4.78 is 17.5. The first kappa shape index (κ1) is 26.9. The van der Waals surface area contributed by atoms with Gasteiger partial charge in [0.15, 0.2) is 5.60 Å². The summed E-state index contributed by atoms with van der Waals surface area (Å²) >= 11 is 0. The molecule has 3 aliphatic carbocycles. The average molecular weight is 467 g/mol. The van der Waals surface area contributed by atoms with Crippen LogP contribution < -0.4 is 0 Å². The number of fused-ring (bicyclic) bond motifs is 3. The van der Waals surface area contributed by atoms with Gasteiger partial charge in [0.2, 0.25) is 0 Å². The summed E-state index contributed by atoms with van der Waals surface area (Å²) in [5, 5.41) is 12.2. The highest BCUT2D eigenvalue weighted by atomic mass is 16.9. The molecule has 0 radical (unpaired) electrons. The van der Waals surface area contributed by atoms with Crippen molar-refractivity contribution in [2.45, 2.75) is 118 Å². The predicted octanol–water partition coefficient (Wildman–Crippen LogP) is 6.32. The van der Waals surface area contributed by atoms with Crippen LogP contribution in [0, 0.1) is 40.4 Å². The Morgan fingerprint density at radius 3 is 2.09 bits per heavy atom. The van der Waals surface area contributed by atoms with E-state index >= 15 is 0 Å².